The van der Waals surface area contributed by atoms with E-state index in [9.17, 15) is 0 Å². The van der Waals surface area contributed by atoms with Crippen LogP contribution in [0.1, 0.15) is 54.4 Å². The zero-order chi connectivity index (χ0) is 14.6. The van der Waals surface area contributed by atoms with Crippen LogP contribution in [0.25, 0.3) is 0 Å². The minimum Gasteiger partial charge on any atom is -0.394 e. The molecule has 2 unspecified atom stereocenters. The van der Waals surface area contributed by atoms with Crippen molar-refractivity contribution in [2.24, 2.45) is 0 Å². The van der Waals surface area contributed by atoms with E-state index < -0.39 is 6.10 Å². The van der Waals surface area contributed by atoms with E-state index in [2.05, 4.69) is 27.7 Å². The Labute approximate surface area is 112 Å². The maximum atomic E-state index is 8.69. The average Bonchev–Trinajstić information content (AvgIpc) is 2.25. The molecular formula is C14H32O4. The van der Waals surface area contributed by atoms with Crippen molar-refractivity contribution in [3.8, 4) is 0 Å². The maximum Gasteiger partial charge on any atom is 0.0779 e. The second-order valence-corrected chi connectivity index (χ2v) is 5.49. The fraction of sp³-hybridized carbons (Fsp3) is 1.00. The molecule has 0 aliphatic heterocycles. The molecule has 0 aromatic heterocycles. The van der Waals surface area contributed by atoms with E-state index in [1.165, 1.54) is 12.8 Å². The Kier molecular flexibility index (Phi) is 13.3. The second-order valence-electron chi connectivity index (χ2n) is 5.49. The van der Waals surface area contributed by atoms with Gasteiger partial charge in [0.2, 0.25) is 0 Å². The van der Waals surface area contributed by atoms with Crippen LogP contribution in [0.3, 0.4) is 0 Å². The van der Waals surface area contributed by atoms with E-state index in [-0.39, 0.29) is 18.3 Å². The molecule has 0 spiro atoms. The number of ether oxygens (including phenoxy) is 2. The Morgan fingerprint density at radius 1 is 1.17 bits per heavy atom. The number of aliphatic hydroxyl groups excluding tert-OH is 2. The molecule has 4 nitrogen and oxygen atoms in total. The van der Waals surface area contributed by atoms with Crippen molar-refractivity contribution in [2.75, 3.05) is 19.8 Å². The van der Waals surface area contributed by atoms with Gasteiger partial charge in [-0.2, -0.15) is 0 Å². The Morgan fingerprint density at radius 2 is 1.72 bits per heavy atom. The van der Waals surface area contributed by atoms with E-state index in [0.717, 1.165) is 6.61 Å². The van der Waals surface area contributed by atoms with Crippen molar-refractivity contribution >= 4 is 0 Å². The highest BCUT2D eigenvalue weighted by atomic mass is 16.5. The molecular weight excluding hydrogens is 232 g/mol. The molecule has 2 N–H and O–H groups in total. The molecule has 112 valence electrons. The molecule has 0 fully saturated rings. The molecule has 4 heteroatoms. The van der Waals surface area contributed by atoms with Gasteiger partial charge in [-0.25, -0.2) is 0 Å². The summed E-state index contributed by atoms with van der Waals surface area (Å²) in [5.41, 5.74) is 0.0508. The van der Waals surface area contributed by atoms with Gasteiger partial charge >= 0.3 is 0 Å². The van der Waals surface area contributed by atoms with Gasteiger partial charge in [-0.3, -0.25) is 0 Å². The van der Waals surface area contributed by atoms with E-state index in [1.54, 1.807) is 13.8 Å². The van der Waals surface area contributed by atoms with Crippen LogP contribution in [0.4, 0.5) is 0 Å². The van der Waals surface area contributed by atoms with Gasteiger partial charge < -0.3 is 19.7 Å². The van der Waals surface area contributed by atoms with Crippen molar-refractivity contribution in [2.45, 2.75) is 72.2 Å². The third-order valence-corrected chi connectivity index (χ3v) is 1.91. The van der Waals surface area contributed by atoms with E-state index in [4.69, 9.17) is 19.7 Å². The highest BCUT2D eigenvalue weighted by Gasteiger charge is 2.07. The lowest BCUT2D eigenvalue weighted by atomic mass is 10.2. The summed E-state index contributed by atoms with van der Waals surface area (Å²) in [6, 6.07) is 0. The van der Waals surface area contributed by atoms with Crippen LogP contribution in [-0.4, -0.2) is 47.8 Å². The average molecular weight is 264 g/mol. The SMILES string of the molecule is CC(O)COC(C)CO.CCCCOC(C)(C)C. The fourth-order valence-corrected chi connectivity index (χ4v) is 0.879. The van der Waals surface area contributed by atoms with Gasteiger partial charge in [0.25, 0.3) is 0 Å². The van der Waals surface area contributed by atoms with Crippen molar-refractivity contribution in [1.82, 2.24) is 0 Å². The van der Waals surface area contributed by atoms with Gasteiger partial charge in [-0.1, -0.05) is 13.3 Å². The molecule has 0 amide bonds. The predicted molar refractivity (Wildman–Crippen MR) is 74.8 cm³/mol. The van der Waals surface area contributed by atoms with Crippen LogP contribution in [0.2, 0.25) is 0 Å². The molecule has 0 bridgehead atoms. The lowest BCUT2D eigenvalue weighted by molar-refractivity contribution is -0.0177. The standard InChI is InChI=1S/C8H18O.C6H14O3/c1-5-6-7-9-8(2,3)4;1-5(8)4-9-6(2)3-7/h5-7H2,1-4H3;5-8H,3-4H2,1-2H3. The van der Waals surface area contributed by atoms with E-state index in [1.807, 2.05) is 0 Å². The number of aliphatic hydroxyl groups is 2. The Bertz CT molecular complexity index is 164. The Hall–Kier alpha value is -0.160. The van der Waals surface area contributed by atoms with Gasteiger partial charge in [-0.15, -0.1) is 0 Å². The van der Waals surface area contributed by atoms with E-state index >= 15 is 0 Å². The van der Waals surface area contributed by atoms with Gasteiger partial charge in [0.1, 0.15) is 0 Å². The first-order valence-electron chi connectivity index (χ1n) is 6.77. The van der Waals surface area contributed by atoms with Crippen LogP contribution in [0.5, 0.6) is 0 Å². The number of rotatable bonds is 7. The first-order valence-corrected chi connectivity index (χ1v) is 6.77. The first-order chi connectivity index (χ1) is 8.22. The Morgan fingerprint density at radius 3 is 2.06 bits per heavy atom. The summed E-state index contributed by atoms with van der Waals surface area (Å²) in [7, 11) is 0. The lowest BCUT2D eigenvalue weighted by Gasteiger charge is -2.18. The molecule has 0 rings (SSSR count). The zero-order valence-corrected chi connectivity index (χ0v) is 12.9. The van der Waals surface area contributed by atoms with Crippen LogP contribution in [-0.2, 0) is 9.47 Å². The third-order valence-electron chi connectivity index (χ3n) is 1.91. The maximum absolute atomic E-state index is 8.69. The molecule has 0 radical (unpaired) electrons. The molecule has 0 aliphatic rings. The topological polar surface area (TPSA) is 58.9 Å². The minimum absolute atomic E-state index is 0.00667. The van der Waals surface area contributed by atoms with Crippen molar-refractivity contribution in [3.63, 3.8) is 0 Å². The summed E-state index contributed by atoms with van der Waals surface area (Å²) in [4.78, 5) is 0. The van der Waals surface area contributed by atoms with Gasteiger partial charge in [-0.05, 0) is 41.0 Å². The van der Waals surface area contributed by atoms with Crippen LogP contribution < -0.4 is 0 Å². The smallest absolute Gasteiger partial charge is 0.0779 e. The summed E-state index contributed by atoms with van der Waals surface area (Å²) in [6.07, 6.45) is 1.78. The predicted octanol–water partition coefficient (Wildman–Crippen LogP) is 2.37. The van der Waals surface area contributed by atoms with Gasteiger partial charge in [0.05, 0.1) is 31.0 Å². The van der Waals surface area contributed by atoms with Crippen LogP contribution in [0.15, 0.2) is 0 Å². The molecule has 0 aromatic rings. The van der Waals surface area contributed by atoms with E-state index in [0.29, 0.717) is 6.61 Å². The van der Waals surface area contributed by atoms with Crippen molar-refractivity contribution in [1.29, 1.82) is 0 Å². The minimum atomic E-state index is -0.445. The molecule has 2 atom stereocenters. The number of hydrogen-bond donors (Lipinski definition) is 2. The van der Waals surface area contributed by atoms with Crippen molar-refractivity contribution < 1.29 is 19.7 Å². The molecule has 0 aromatic carbocycles. The largest absolute Gasteiger partial charge is 0.394 e. The highest BCUT2D eigenvalue weighted by Crippen LogP contribution is 2.07. The summed E-state index contributed by atoms with van der Waals surface area (Å²) in [6.45, 7) is 13.0. The summed E-state index contributed by atoms with van der Waals surface area (Å²) in [5, 5.41) is 17.1. The fourth-order valence-electron chi connectivity index (χ4n) is 0.879. The highest BCUT2D eigenvalue weighted by molar-refractivity contribution is 4.57. The molecule has 0 heterocycles. The normalized spacial score (nSPS) is 14.7. The monoisotopic (exact) mass is 264 g/mol. The van der Waals surface area contributed by atoms with Crippen molar-refractivity contribution in [3.05, 3.63) is 0 Å². The third kappa shape index (κ3) is 21.2. The molecule has 0 saturated heterocycles. The number of unbranched alkanes of at least 4 members (excludes halogenated alkanes) is 1. The zero-order valence-electron chi connectivity index (χ0n) is 12.9. The van der Waals surface area contributed by atoms with Crippen LogP contribution >= 0.6 is 0 Å². The summed E-state index contributed by atoms with van der Waals surface area (Å²) in [5.74, 6) is 0. The number of hydrogen-bond acceptors (Lipinski definition) is 4. The second kappa shape index (κ2) is 11.9. The molecule has 0 saturated carbocycles. The molecule has 18 heavy (non-hydrogen) atoms. The molecule has 0 aliphatic carbocycles. The summed E-state index contributed by atoms with van der Waals surface area (Å²) >= 11 is 0. The lowest BCUT2D eigenvalue weighted by Crippen LogP contribution is -2.19. The quantitative estimate of drug-likeness (QED) is 0.693. The van der Waals surface area contributed by atoms with Crippen LogP contribution in [0, 0.1) is 0 Å². The Balaban J connectivity index is 0. The summed E-state index contributed by atoms with van der Waals surface area (Å²) < 4.78 is 10.4. The first kappa shape index (κ1) is 20.2. The van der Waals surface area contributed by atoms with Gasteiger partial charge in [0, 0.05) is 6.61 Å². The van der Waals surface area contributed by atoms with Gasteiger partial charge in [0.15, 0.2) is 0 Å².